The minimum Gasteiger partial charge on any atom is -0.434 e. The predicted octanol–water partition coefficient (Wildman–Crippen LogP) is 2.48. The molecular weight excluding hydrogens is 352 g/mol. The van der Waals surface area contributed by atoms with Gasteiger partial charge >= 0.3 is 17.8 Å². The van der Waals surface area contributed by atoms with Gasteiger partial charge in [-0.25, -0.2) is 9.59 Å². The van der Waals surface area contributed by atoms with Crippen LogP contribution in [0, 0.1) is 0 Å². The Hall–Kier alpha value is -2.23. The van der Waals surface area contributed by atoms with Gasteiger partial charge in [0.25, 0.3) is 0 Å². The third-order valence-corrected chi connectivity index (χ3v) is 4.05. The van der Waals surface area contributed by atoms with Crippen molar-refractivity contribution in [3.8, 4) is 0 Å². The smallest absolute Gasteiger partial charge is 0.434 e. The standard InChI is InChI=1S/C16H23F2N3O5/c1-3-5-6-9-24-15(23)26-12-10(4-2)25-13(16(12,17)18)21-8-7-11(19)20-14(21)22/h7-8,10,12-13H,3-6,9H2,1-2H3,(H2,19,20,22)/t10-,12-,13-/m1/s1. The van der Waals surface area contributed by atoms with Crippen LogP contribution in [0.25, 0.3) is 0 Å². The number of nitrogens with two attached hydrogens (primary N) is 1. The van der Waals surface area contributed by atoms with Crippen LogP contribution in [-0.4, -0.2) is 40.4 Å². The van der Waals surface area contributed by atoms with Crippen LogP contribution in [0.4, 0.5) is 19.4 Å². The fraction of sp³-hybridized carbons (Fsp3) is 0.688. The number of hydrogen-bond acceptors (Lipinski definition) is 7. The van der Waals surface area contributed by atoms with E-state index in [4.69, 9.17) is 19.9 Å². The summed E-state index contributed by atoms with van der Waals surface area (Å²) in [5.41, 5.74) is 4.39. The number of rotatable bonds is 7. The van der Waals surface area contributed by atoms with Crippen molar-refractivity contribution in [1.82, 2.24) is 9.55 Å². The molecule has 8 nitrogen and oxygen atoms in total. The largest absolute Gasteiger partial charge is 0.508 e. The molecule has 0 bridgehead atoms. The van der Waals surface area contributed by atoms with Gasteiger partial charge in [0.1, 0.15) is 11.9 Å². The lowest BCUT2D eigenvalue weighted by Crippen LogP contribution is -2.43. The highest BCUT2D eigenvalue weighted by Crippen LogP contribution is 2.44. The van der Waals surface area contributed by atoms with Crippen molar-refractivity contribution in [3.63, 3.8) is 0 Å². The first-order valence-electron chi connectivity index (χ1n) is 8.52. The molecule has 1 aromatic rings. The second kappa shape index (κ2) is 8.43. The quantitative estimate of drug-likeness (QED) is 0.576. The summed E-state index contributed by atoms with van der Waals surface area (Å²) in [5.74, 6) is -3.74. The third kappa shape index (κ3) is 4.29. The molecular formula is C16H23F2N3O5. The summed E-state index contributed by atoms with van der Waals surface area (Å²) in [5, 5.41) is 0. The second-order valence-electron chi connectivity index (χ2n) is 6.00. The lowest BCUT2D eigenvalue weighted by molar-refractivity contribution is -0.146. The fourth-order valence-electron chi connectivity index (χ4n) is 2.68. The summed E-state index contributed by atoms with van der Waals surface area (Å²) >= 11 is 0. The second-order valence-corrected chi connectivity index (χ2v) is 6.00. The number of alkyl halides is 2. The molecule has 0 saturated carbocycles. The van der Waals surface area contributed by atoms with E-state index in [-0.39, 0.29) is 18.8 Å². The first kappa shape index (κ1) is 20.1. The molecule has 2 heterocycles. The van der Waals surface area contributed by atoms with Crippen molar-refractivity contribution < 1.29 is 27.8 Å². The molecule has 1 fully saturated rings. The maximum atomic E-state index is 14.8. The van der Waals surface area contributed by atoms with Crippen molar-refractivity contribution in [2.24, 2.45) is 0 Å². The Bertz CT molecular complexity index is 682. The zero-order valence-corrected chi connectivity index (χ0v) is 14.7. The summed E-state index contributed by atoms with van der Waals surface area (Å²) < 4.78 is 45.2. The van der Waals surface area contributed by atoms with Gasteiger partial charge in [0, 0.05) is 6.20 Å². The van der Waals surface area contributed by atoms with Crippen LogP contribution in [0.3, 0.4) is 0 Å². The summed E-state index contributed by atoms with van der Waals surface area (Å²) in [6, 6.07) is 1.21. The number of anilines is 1. The summed E-state index contributed by atoms with van der Waals surface area (Å²) in [7, 11) is 0. The van der Waals surface area contributed by atoms with Crippen LogP contribution >= 0.6 is 0 Å². The van der Waals surface area contributed by atoms with E-state index in [9.17, 15) is 18.4 Å². The number of halogens is 2. The van der Waals surface area contributed by atoms with Crippen LogP contribution in [0.2, 0.25) is 0 Å². The molecule has 0 spiro atoms. The van der Waals surface area contributed by atoms with E-state index in [0.717, 1.165) is 19.0 Å². The van der Waals surface area contributed by atoms with E-state index in [1.165, 1.54) is 6.07 Å². The lowest BCUT2D eigenvalue weighted by Gasteiger charge is -2.23. The molecule has 146 valence electrons. The van der Waals surface area contributed by atoms with Gasteiger partial charge in [-0.15, -0.1) is 0 Å². The molecule has 1 aromatic heterocycles. The predicted molar refractivity (Wildman–Crippen MR) is 87.8 cm³/mol. The molecule has 3 atom stereocenters. The summed E-state index contributed by atoms with van der Waals surface area (Å²) in [4.78, 5) is 27.0. The van der Waals surface area contributed by atoms with Gasteiger partial charge in [0.05, 0.1) is 6.61 Å². The number of unbranched alkanes of at least 4 members (excludes halogenated alkanes) is 2. The Morgan fingerprint density at radius 2 is 2.15 bits per heavy atom. The third-order valence-electron chi connectivity index (χ3n) is 4.05. The Morgan fingerprint density at radius 1 is 1.42 bits per heavy atom. The minimum atomic E-state index is -3.65. The fourth-order valence-corrected chi connectivity index (χ4v) is 2.68. The van der Waals surface area contributed by atoms with Crippen LogP contribution in [-0.2, 0) is 14.2 Å². The van der Waals surface area contributed by atoms with Gasteiger partial charge in [-0.05, 0) is 18.9 Å². The van der Waals surface area contributed by atoms with Crippen LogP contribution in [0.15, 0.2) is 17.1 Å². The number of nitrogen functional groups attached to an aromatic ring is 1. The average molecular weight is 375 g/mol. The van der Waals surface area contributed by atoms with Crippen LogP contribution < -0.4 is 11.4 Å². The first-order chi connectivity index (χ1) is 12.3. The molecule has 26 heavy (non-hydrogen) atoms. The highest BCUT2D eigenvalue weighted by Gasteiger charge is 2.62. The van der Waals surface area contributed by atoms with E-state index >= 15 is 0 Å². The Labute approximate surface area is 149 Å². The van der Waals surface area contributed by atoms with Gasteiger partial charge in [-0.3, -0.25) is 4.57 Å². The van der Waals surface area contributed by atoms with Crippen molar-refractivity contribution in [1.29, 1.82) is 0 Å². The molecule has 2 N–H and O–H groups in total. The molecule has 1 saturated heterocycles. The van der Waals surface area contributed by atoms with E-state index in [1.54, 1.807) is 6.92 Å². The number of nitrogens with zero attached hydrogens (tertiary/aromatic N) is 2. The summed E-state index contributed by atoms with van der Waals surface area (Å²) in [6.07, 6.45) is -2.49. The van der Waals surface area contributed by atoms with E-state index in [1.807, 2.05) is 6.92 Å². The van der Waals surface area contributed by atoms with Crippen molar-refractivity contribution in [2.75, 3.05) is 12.3 Å². The zero-order chi connectivity index (χ0) is 19.3. The topological polar surface area (TPSA) is 106 Å². The average Bonchev–Trinajstić information content (AvgIpc) is 2.83. The summed E-state index contributed by atoms with van der Waals surface area (Å²) in [6.45, 7) is 3.68. The number of aromatic nitrogens is 2. The van der Waals surface area contributed by atoms with Gasteiger partial charge in [-0.2, -0.15) is 13.8 Å². The lowest BCUT2D eigenvalue weighted by atomic mass is 10.1. The molecule has 0 aliphatic carbocycles. The molecule has 2 rings (SSSR count). The number of carbonyl (C=O) groups excluding carboxylic acids is 1. The van der Waals surface area contributed by atoms with Gasteiger partial charge in [-0.1, -0.05) is 26.7 Å². The molecule has 10 heteroatoms. The van der Waals surface area contributed by atoms with E-state index in [2.05, 4.69) is 4.98 Å². The van der Waals surface area contributed by atoms with Gasteiger partial charge in [0.15, 0.2) is 6.10 Å². The molecule has 0 amide bonds. The van der Waals surface area contributed by atoms with Crippen molar-refractivity contribution in [3.05, 3.63) is 22.7 Å². The maximum Gasteiger partial charge on any atom is 0.508 e. The molecule has 0 unspecified atom stereocenters. The zero-order valence-electron chi connectivity index (χ0n) is 14.7. The maximum absolute atomic E-state index is 14.8. The van der Waals surface area contributed by atoms with E-state index in [0.29, 0.717) is 11.0 Å². The first-order valence-corrected chi connectivity index (χ1v) is 8.52. The highest BCUT2D eigenvalue weighted by molar-refractivity contribution is 5.60. The molecule has 1 aliphatic heterocycles. The highest BCUT2D eigenvalue weighted by atomic mass is 19.3. The minimum absolute atomic E-state index is 0.0907. The van der Waals surface area contributed by atoms with Gasteiger partial charge < -0.3 is 19.9 Å². The Kier molecular flexibility index (Phi) is 6.52. The van der Waals surface area contributed by atoms with E-state index < -0.39 is 36.2 Å². The van der Waals surface area contributed by atoms with Crippen LogP contribution in [0.5, 0.6) is 0 Å². The normalized spacial score (nSPS) is 24.4. The number of carbonyl (C=O) groups is 1. The van der Waals surface area contributed by atoms with Crippen molar-refractivity contribution >= 4 is 12.0 Å². The number of hydrogen-bond donors (Lipinski definition) is 1. The molecule has 0 radical (unpaired) electrons. The Morgan fingerprint density at radius 3 is 2.77 bits per heavy atom. The number of ether oxygens (including phenoxy) is 3. The Balaban J connectivity index is 2.14. The molecule has 1 aliphatic rings. The van der Waals surface area contributed by atoms with Gasteiger partial charge in [0.2, 0.25) is 6.23 Å². The monoisotopic (exact) mass is 375 g/mol. The van der Waals surface area contributed by atoms with Crippen LogP contribution in [0.1, 0.15) is 45.8 Å². The molecule has 0 aromatic carbocycles. The van der Waals surface area contributed by atoms with Crippen molar-refractivity contribution in [2.45, 2.75) is 63.9 Å². The SMILES string of the molecule is CCCCCOC(=O)O[C@@H]1[C@@H](CC)O[C@@H](n2ccc(N)nc2=O)C1(F)F.